The number of fused-ring (bicyclic) bond motifs is 1. The molecule has 26 heavy (non-hydrogen) atoms. The molecule has 0 radical (unpaired) electrons. The zero-order valence-corrected chi connectivity index (χ0v) is 14.3. The summed E-state index contributed by atoms with van der Waals surface area (Å²) >= 11 is 0. The Balaban J connectivity index is 1.99. The second kappa shape index (κ2) is 6.81. The zero-order chi connectivity index (χ0) is 18.8. The van der Waals surface area contributed by atoms with Gasteiger partial charge in [0, 0.05) is 19.0 Å². The van der Waals surface area contributed by atoms with Gasteiger partial charge in [0.2, 0.25) is 0 Å². The Morgan fingerprint density at radius 1 is 1.23 bits per heavy atom. The van der Waals surface area contributed by atoms with Gasteiger partial charge in [0.15, 0.2) is 0 Å². The molecule has 1 heterocycles. The van der Waals surface area contributed by atoms with Crippen molar-refractivity contribution < 1.29 is 9.18 Å². The molecular weight excluding hydrogens is 333 g/mol. The summed E-state index contributed by atoms with van der Waals surface area (Å²) in [6.07, 6.45) is 0. The van der Waals surface area contributed by atoms with Crippen molar-refractivity contribution in [3.05, 3.63) is 80.9 Å². The summed E-state index contributed by atoms with van der Waals surface area (Å²) in [6.45, 7) is 1.90. The van der Waals surface area contributed by atoms with Crippen LogP contribution in [-0.4, -0.2) is 10.5 Å². The Morgan fingerprint density at radius 2 is 1.92 bits per heavy atom. The van der Waals surface area contributed by atoms with Gasteiger partial charge in [-0.05, 0) is 42.3 Å². The molecule has 0 aliphatic carbocycles. The number of hydrogen-bond acceptors (Lipinski definition) is 3. The lowest BCUT2D eigenvalue weighted by Gasteiger charge is -2.13. The molecule has 0 atom stereocenters. The quantitative estimate of drug-likeness (QED) is 0.790. The number of halogens is 1. The van der Waals surface area contributed by atoms with Gasteiger partial charge < -0.3 is 9.88 Å². The molecule has 0 aliphatic heterocycles. The number of amides is 1. The molecule has 0 fully saturated rings. The minimum atomic E-state index is -0.487. The van der Waals surface area contributed by atoms with Crippen LogP contribution in [0, 0.1) is 24.1 Å². The van der Waals surface area contributed by atoms with E-state index in [-0.39, 0.29) is 17.9 Å². The minimum absolute atomic E-state index is 0.0619. The molecule has 0 bridgehead atoms. The average molecular weight is 349 g/mol. The Bertz CT molecular complexity index is 1110. The summed E-state index contributed by atoms with van der Waals surface area (Å²) in [4.78, 5) is 25.3. The van der Waals surface area contributed by atoms with Crippen LogP contribution in [0.2, 0.25) is 0 Å². The van der Waals surface area contributed by atoms with Crippen LogP contribution >= 0.6 is 0 Å². The van der Waals surface area contributed by atoms with E-state index >= 15 is 0 Å². The van der Waals surface area contributed by atoms with Crippen LogP contribution < -0.4 is 10.9 Å². The van der Waals surface area contributed by atoms with Crippen LogP contribution in [0.3, 0.4) is 0 Å². The van der Waals surface area contributed by atoms with Crippen molar-refractivity contribution >= 4 is 16.8 Å². The minimum Gasteiger partial charge on any atom is -0.348 e. The molecule has 3 aromatic rings. The van der Waals surface area contributed by atoms with Crippen molar-refractivity contribution in [2.75, 3.05) is 0 Å². The van der Waals surface area contributed by atoms with Gasteiger partial charge in [-0.3, -0.25) is 9.59 Å². The van der Waals surface area contributed by atoms with Gasteiger partial charge in [-0.2, -0.15) is 5.26 Å². The largest absolute Gasteiger partial charge is 0.348 e. The molecule has 1 aromatic heterocycles. The average Bonchev–Trinajstić information content (AvgIpc) is 2.65. The lowest BCUT2D eigenvalue weighted by Crippen LogP contribution is -2.33. The number of benzene rings is 2. The van der Waals surface area contributed by atoms with Gasteiger partial charge in [0.05, 0.1) is 17.1 Å². The molecule has 2 aromatic carbocycles. The van der Waals surface area contributed by atoms with Gasteiger partial charge in [0.1, 0.15) is 11.4 Å². The Morgan fingerprint density at radius 3 is 2.58 bits per heavy atom. The van der Waals surface area contributed by atoms with E-state index in [1.165, 1.54) is 16.7 Å². The van der Waals surface area contributed by atoms with Crippen LogP contribution in [0.4, 0.5) is 4.39 Å². The highest BCUT2D eigenvalue weighted by molar-refractivity contribution is 6.00. The highest BCUT2D eigenvalue weighted by Gasteiger charge is 2.18. The van der Waals surface area contributed by atoms with Crippen molar-refractivity contribution in [3.63, 3.8) is 0 Å². The number of nitrogens with one attached hydrogen (secondary N) is 1. The van der Waals surface area contributed by atoms with Crippen molar-refractivity contribution in [1.82, 2.24) is 9.88 Å². The van der Waals surface area contributed by atoms with Crippen LogP contribution in [0.1, 0.15) is 27.0 Å². The summed E-state index contributed by atoms with van der Waals surface area (Å²) in [5.41, 5.74) is 1.97. The molecule has 0 saturated carbocycles. The third-order valence-corrected chi connectivity index (χ3v) is 4.38. The van der Waals surface area contributed by atoms with Crippen molar-refractivity contribution in [1.29, 1.82) is 5.26 Å². The number of rotatable bonds is 3. The number of nitriles is 1. The maximum Gasteiger partial charge on any atom is 0.263 e. The van der Waals surface area contributed by atoms with E-state index in [2.05, 4.69) is 5.32 Å². The summed E-state index contributed by atoms with van der Waals surface area (Å²) in [6, 6.07) is 12.8. The van der Waals surface area contributed by atoms with Crippen LogP contribution in [-0.2, 0) is 13.6 Å². The van der Waals surface area contributed by atoms with Crippen molar-refractivity contribution in [2.24, 2.45) is 7.05 Å². The van der Waals surface area contributed by atoms with Crippen LogP contribution in [0.25, 0.3) is 10.9 Å². The number of carbonyl (C=O) groups excluding carboxylic acids is 1. The normalized spacial score (nSPS) is 10.5. The van der Waals surface area contributed by atoms with Gasteiger partial charge >= 0.3 is 0 Å². The number of hydrogen-bond donors (Lipinski definition) is 1. The Hall–Kier alpha value is -3.46. The zero-order valence-electron chi connectivity index (χ0n) is 14.3. The topological polar surface area (TPSA) is 74.9 Å². The van der Waals surface area contributed by atoms with E-state index in [9.17, 15) is 14.0 Å². The first-order chi connectivity index (χ1) is 12.4. The maximum atomic E-state index is 13.0. The molecule has 1 N–H and O–H groups in total. The molecule has 1 amide bonds. The van der Waals surface area contributed by atoms with Gasteiger partial charge in [-0.1, -0.05) is 18.2 Å². The molecule has 5 nitrogen and oxygen atoms in total. The third-order valence-electron chi connectivity index (χ3n) is 4.38. The van der Waals surface area contributed by atoms with Gasteiger partial charge in [-0.15, -0.1) is 0 Å². The van der Waals surface area contributed by atoms with Crippen LogP contribution in [0.15, 0.2) is 47.3 Å². The fourth-order valence-corrected chi connectivity index (χ4v) is 2.91. The number of aromatic nitrogens is 1. The summed E-state index contributed by atoms with van der Waals surface area (Å²) in [5, 5.41) is 12.5. The number of nitrogens with zero attached hydrogens (tertiary/aromatic N) is 2. The molecule has 0 aliphatic rings. The third kappa shape index (κ3) is 3.07. The first-order valence-electron chi connectivity index (χ1n) is 7.98. The van der Waals surface area contributed by atoms with Crippen molar-refractivity contribution in [2.45, 2.75) is 13.5 Å². The number of aryl methyl sites for hydroxylation is 2. The molecule has 0 spiro atoms. The van der Waals surface area contributed by atoms with E-state index in [1.54, 1.807) is 44.3 Å². The smallest absolute Gasteiger partial charge is 0.263 e. The lowest BCUT2D eigenvalue weighted by atomic mass is 10.0. The second-order valence-corrected chi connectivity index (χ2v) is 6.02. The standard InChI is InChI=1S/C20H16FN3O2/c1-12-16-8-5-14(10-22)9-17(16)24(2)20(26)18(12)19(25)23-11-13-3-6-15(21)7-4-13/h3-9H,11H2,1-2H3,(H,23,25). The monoisotopic (exact) mass is 349 g/mol. The van der Waals surface area contributed by atoms with Crippen molar-refractivity contribution in [3.8, 4) is 6.07 Å². The molecule has 6 heteroatoms. The summed E-state index contributed by atoms with van der Waals surface area (Å²) in [7, 11) is 1.57. The van der Waals surface area contributed by atoms with E-state index < -0.39 is 11.5 Å². The molecule has 0 saturated heterocycles. The molecular formula is C20H16FN3O2. The van der Waals surface area contributed by atoms with E-state index in [1.807, 2.05) is 6.07 Å². The molecule has 3 rings (SSSR count). The summed E-state index contributed by atoms with van der Waals surface area (Å²) in [5.74, 6) is -0.838. The first-order valence-corrected chi connectivity index (χ1v) is 7.98. The van der Waals surface area contributed by atoms with E-state index in [0.29, 0.717) is 16.6 Å². The first kappa shape index (κ1) is 17.4. The molecule has 0 unspecified atom stereocenters. The van der Waals surface area contributed by atoms with Gasteiger partial charge in [-0.25, -0.2) is 4.39 Å². The summed E-state index contributed by atoms with van der Waals surface area (Å²) < 4.78 is 14.3. The second-order valence-electron chi connectivity index (χ2n) is 6.02. The lowest BCUT2D eigenvalue weighted by molar-refractivity contribution is 0.0948. The maximum absolute atomic E-state index is 13.0. The highest BCUT2D eigenvalue weighted by Crippen LogP contribution is 2.20. The fraction of sp³-hybridized carbons (Fsp3) is 0.150. The van der Waals surface area contributed by atoms with Gasteiger partial charge in [0.25, 0.3) is 11.5 Å². The predicted octanol–water partition coefficient (Wildman–Crippen LogP) is 2.79. The highest BCUT2D eigenvalue weighted by atomic mass is 19.1. The fourth-order valence-electron chi connectivity index (χ4n) is 2.91. The molecule has 130 valence electrons. The Labute approximate surface area is 149 Å². The van der Waals surface area contributed by atoms with E-state index in [4.69, 9.17) is 5.26 Å². The number of pyridine rings is 1. The predicted molar refractivity (Wildman–Crippen MR) is 96.2 cm³/mol. The van der Waals surface area contributed by atoms with E-state index in [0.717, 1.165) is 10.9 Å². The Kier molecular flexibility index (Phi) is 4.55. The van der Waals surface area contributed by atoms with Crippen LogP contribution in [0.5, 0.6) is 0 Å². The number of carbonyl (C=O) groups is 1. The SMILES string of the molecule is Cc1c(C(=O)NCc2ccc(F)cc2)c(=O)n(C)c2cc(C#N)ccc12.